The maximum absolute atomic E-state index is 11.3. The van der Waals surface area contributed by atoms with E-state index in [-0.39, 0.29) is 17.2 Å². The number of azo groups is 6. The summed E-state index contributed by atoms with van der Waals surface area (Å²) in [7, 11) is 4.88. The minimum Gasteiger partial charge on any atom is -0.420 e. The van der Waals surface area contributed by atoms with Gasteiger partial charge in [0.1, 0.15) is 89.5 Å². The fraction of sp³-hybridized carbons (Fsp3) is 0.0294. The summed E-state index contributed by atoms with van der Waals surface area (Å²) < 4.78 is 63.7. The molecule has 0 N–H and O–H groups in total. The third kappa shape index (κ3) is 29.6. The average molecular weight is 2050 g/mol. The van der Waals surface area contributed by atoms with E-state index in [2.05, 4.69) is 61.4 Å². The minimum atomic E-state index is -3.99. The molecule has 0 saturated carbocycles. The molecule has 0 aliphatic heterocycles. The molecule has 0 radical (unpaired) electrons. The molecule has 0 atom stereocenters. The Morgan fingerprint density at radius 1 is 0.175 bits per heavy atom. The van der Waals surface area contributed by atoms with Gasteiger partial charge in [-0.2, -0.15) is 76.7 Å². The summed E-state index contributed by atoms with van der Waals surface area (Å²) in [6, 6.07) is 101. The van der Waals surface area contributed by atoms with Crippen LogP contribution in [0.3, 0.4) is 0 Å². The lowest BCUT2D eigenvalue weighted by atomic mass is 10.2. The van der Waals surface area contributed by atoms with Crippen molar-refractivity contribution in [1.82, 2.24) is 14.3 Å². The van der Waals surface area contributed by atoms with E-state index >= 15 is 0 Å². The summed E-state index contributed by atoms with van der Waals surface area (Å²) >= 11 is 25.3. The Morgan fingerprint density at radius 3 is 0.420 bits per heavy atom. The number of benzene rings is 15. The van der Waals surface area contributed by atoms with Gasteiger partial charge in [-0.15, -0.1) is 0 Å². The number of aldehydes is 6. The van der Waals surface area contributed by atoms with Crippen molar-refractivity contribution in [2.24, 2.45) is 76.7 Å². The maximum Gasteiger partial charge on any atom is 0.490 e. The highest BCUT2D eigenvalue weighted by atomic mass is 32.5. The van der Waals surface area contributed by atoms with Crippen LogP contribution in [0.25, 0.3) is 0 Å². The van der Waals surface area contributed by atoms with Crippen LogP contribution in [-0.2, 0) is 47.2 Å². The van der Waals surface area contributed by atoms with Gasteiger partial charge in [-0.25, -0.2) is 14.3 Å². The fourth-order valence-corrected chi connectivity index (χ4v) is 19.6. The molecule has 41 heteroatoms. The van der Waals surface area contributed by atoms with Crippen LogP contribution in [0.5, 0.6) is 51.7 Å². The number of hydrogen-bond donors (Lipinski definition) is 0. The van der Waals surface area contributed by atoms with Crippen LogP contribution in [0.15, 0.2) is 441 Å². The summed E-state index contributed by atoms with van der Waals surface area (Å²) in [5.74, 6) is 2.73. The maximum atomic E-state index is 11.3. The highest BCUT2D eigenvalue weighted by Gasteiger charge is 2.33. The first-order valence-electron chi connectivity index (χ1n) is 42.7. The van der Waals surface area contributed by atoms with E-state index in [1.165, 1.54) is 14.3 Å². The van der Waals surface area contributed by atoms with E-state index in [4.69, 9.17) is 103 Å². The zero-order valence-corrected chi connectivity index (χ0v) is 82.3. The highest BCUT2D eigenvalue weighted by molar-refractivity contribution is 8.10. The molecule has 0 aromatic heterocycles. The first-order chi connectivity index (χ1) is 69.5. The van der Waals surface area contributed by atoms with E-state index in [9.17, 15) is 28.8 Å². The third-order valence-corrected chi connectivity index (χ3v) is 30.2. The van der Waals surface area contributed by atoms with Gasteiger partial charge in [-0.3, -0.25) is 28.8 Å². The molecule has 143 heavy (non-hydrogen) atoms. The largest absolute Gasteiger partial charge is 0.490 e. The molecule has 15 aromatic carbocycles. The molecular formula is C102H78N18O15P4S4. The normalized spacial score (nSPS) is 13.3. The van der Waals surface area contributed by atoms with Crippen LogP contribution in [-0.4, -0.2) is 91.8 Å². The van der Waals surface area contributed by atoms with Crippen LogP contribution < -0.4 is 40.7 Å². The van der Waals surface area contributed by atoms with Crippen molar-refractivity contribution in [3.05, 3.63) is 414 Å². The van der Waals surface area contributed by atoms with Gasteiger partial charge in [0.05, 0.1) is 86.9 Å². The highest BCUT2D eigenvalue weighted by Crippen LogP contribution is 2.56. The summed E-state index contributed by atoms with van der Waals surface area (Å²) in [6.45, 7) is -14.9. The third-order valence-electron chi connectivity index (χ3n) is 19.7. The zero-order valence-electron chi connectivity index (χ0n) is 75.4. The van der Waals surface area contributed by atoms with Crippen LogP contribution in [0.1, 0.15) is 78.8 Å². The summed E-state index contributed by atoms with van der Waals surface area (Å²) in [6.07, 6.45) is 9.16. The van der Waals surface area contributed by atoms with Crippen molar-refractivity contribution < 1.29 is 69.5 Å². The van der Waals surface area contributed by atoms with Crippen molar-refractivity contribution >= 4 is 198 Å². The van der Waals surface area contributed by atoms with E-state index in [0.717, 1.165) is 37.7 Å². The van der Waals surface area contributed by atoms with Crippen LogP contribution in [0.4, 0.5) is 68.2 Å². The number of nitrogens with zero attached hydrogens (tertiary/aromatic N) is 18. The van der Waals surface area contributed by atoms with Crippen molar-refractivity contribution in [2.75, 3.05) is 21.1 Å². The molecule has 0 unspecified atom stereocenters. The Balaban J connectivity index is 0.687. The standard InChI is InChI=1S/C102H78N18O15P4S4/c1-118(136(140,127-94-52-34-88(35-53-94)112-106-82-22-4-76(67-121)5-23-82)128-95-54-36-89(37-55-95)113-107-83-24-6-77(68-122)7-25-83)103-64-73-16-46-100(47-17-73)133-139(143,134-101-48-18-74(19-49-101)65-104-119(2)137(141,129-96-56-38-90(39-57-96)114-108-84-26-8-78(69-123)9-27-84)130-97-58-40-91(41-59-97)115-109-85-28-10-79(70-124)11-29-85)135-102-50-20-75(21-51-102)66-105-120(3)138(142,131-98-60-42-92(43-61-98)116-110-86-30-12-80(71-125)13-31-86)132-99-62-44-93(45-63-99)117-111-87-32-14-81(72-126)15-33-87/h4-72H,1-3H3/b103-64+,104-65+,105-66+,112-106?,113-107?,114-108?,115-109?,116-110?,117-111?. The molecule has 0 fully saturated rings. The van der Waals surface area contributed by atoms with Gasteiger partial charge in [0.2, 0.25) is 0 Å². The number of hydrogen-bond acceptors (Lipinski definition) is 34. The molecular weight excluding hydrogens is 1970 g/mol. The Hall–Kier alpha value is -16.9. The number of carbonyl (C=O) groups is 6. The molecule has 0 heterocycles. The lowest BCUT2D eigenvalue weighted by molar-refractivity contribution is 0.111. The Kier molecular flexibility index (Phi) is 34.2. The van der Waals surface area contributed by atoms with Crippen molar-refractivity contribution in [2.45, 2.75) is 0 Å². The quantitative estimate of drug-likeness (QED) is 0.0112. The smallest absolute Gasteiger partial charge is 0.420 e. The summed E-state index contributed by atoms with van der Waals surface area (Å²) in [5.41, 5.74) is 11.0. The van der Waals surface area contributed by atoms with Gasteiger partial charge in [-0.05, 0) is 381 Å². The minimum absolute atomic E-state index is 0.244. The lowest BCUT2D eigenvalue weighted by Crippen LogP contribution is -2.17. The second-order valence-electron chi connectivity index (χ2n) is 30.0. The van der Waals surface area contributed by atoms with Gasteiger partial charge < -0.3 is 40.7 Å². The van der Waals surface area contributed by atoms with Crippen molar-refractivity contribution in [1.29, 1.82) is 0 Å². The monoisotopic (exact) mass is 2050 g/mol. The van der Waals surface area contributed by atoms with Crippen LogP contribution in [0.2, 0.25) is 0 Å². The lowest BCUT2D eigenvalue weighted by Gasteiger charge is -2.29. The predicted octanol–water partition coefficient (Wildman–Crippen LogP) is 29.8. The molecule has 15 aromatic rings. The van der Waals surface area contributed by atoms with Gasteiger partial charge in [0, 0.05) is 102 Å². The van der Waals surface area contributed by atoms with Gasteiger partial charge in [0.15, 0.2) is 0 Å². The number of rotatable bonds is 45. The number of carbonyl (C=O) groups excluding carboxylic acids is 6. The topological polar surface area (TPSA) is 381 Å². The second kappa shape index (κ2) is 48.6. The molecule has 0 amide bonds. The fourth-order valence-electron chi connectivity index (χ4n) is 12.0. The summed E-state index contributed by atoms with van der Waals surface area (Å²) in [5, 5.41) is 66.2. The summed E-state index contributed by atoms with van der Waals surface area (Å²) in [4.78, 5) is 67.6. The molecule has 0 bridgehead atoms. The first kappa shape index (κ1) is 101. The predicted molar refractivity (Wildman–Crippen MR) is 563 cm³/mol. The van der Waals surface area contributed by atoms with Crippen LogP contribution >= 0.6 is 26.6 Å². The zero-order chi connectivity index (χ0) is 99.8. The Labute approximate surface area is 840 Å². The van der Waals surface area contributed by atoms with E-state index in [0.29, 0.717) is 153 Å². The van der Waals surface area contributed by atoms with Crippen molar-refractivity contribution in [3.8, 4) is 51.7 Å². The first-order valence-corrected chi connectivity index (χ1v) is 53.1. The average Bonchev–Trinajstić information content (AvgIpc) is 0.819. The van der Waals surface area contributed by atoms with Gasteiger partial charge in [-0.1, -0.05) is 0 Å². The van der Waals surface area contributed by atoms with Crippen molar-refractivity contribution in [3.63, 3.8) is 0 Å². The SMILES string of the molecule is CN(/N=C/c1ccc(OP(=S)(Oc2ccc(/C=N/N(C)P(=S)(Oc3ccc(N=Nc4ccc(C=O)cc4)cc3)Oc3ccc(N=Nc4ccc(C=O)cc4)cc3)cc2)Oc2ccc(/C=N/N(C)P(=S)(Oc3ccc(N=Nc4ccc(C=O)cc4)cc3)Oc3ccc(N=Nc4ccc(C=O)cc4)cc3)cc2)cc1)P(=S)(Oc1ccc(N=Nc2ccc(C=O)cc2)cc1)Oc1ccc(N=Nc2ccc(C=O)cc2)cc1. The molecule has 33 nitrogen and oxygen atoms in total. The van der Waals surface area contributed by atoms with Gasteiger partial charge in [0.25, 0.3) is 0 Å². The molecule has 0 aliphatic carbocycles. The molecule has 0 aliphatic rings. The molecule has 0 spiro atoms. The molecule has 0 saturated heterocycles. The molecule has 710 valence electrons. The Morgan fingerprint density at radius 2 is 0.287 bits per heavy atom. The van der Waals surface area contributed by atoms with E-state index in [1.807, 2.05) is 0 Å². The van der Waals surface area contributed by atoms with E-state index in [1.54, 1.807) is 404 Å². The number of hydrazone groups is 3. The molecule has 15 rings (SSSR count). The second-order valence-corrected chi connectivity index (χ2v) is 42.6. The van der Waals surface area contributed by atoms with Gasteiger partial charge >= 0.3 is 26.6 Å². The van der Waals surface area contributed by atoms with Crippen LogP contribution in [0, 0.1) is 0 Å². The van der Waals surface area contributed by atoms with E-state index < -0.39 is 26.6 Å². The Bertz CT molecular complexity index is 6460.